The molecule has 1 heterocycles. The predicted molar refractivity (Wildman–Crippen MR) is 64.4 cm³/mol. The Morgan fingerprint density at radius 2 is 2.06 bits per heavy atom. The maximum absolute atomic E-state index is 11.4. The Morgan fingerprint density at radius 1 is 1.25 bits per heavy atom. The van der Waals surface area contributed by atoms with E-state index in [-0.39, 0.29) is 5.91 Å². The molecule has 1 amide bonds. The van der Waals surface area contributed by atoms with E-state index < -0.39 is 0 Å². The van der Waals surface area contributed by atoms with Gasteiger partial charge < -0.3 is 11.1 Å². The second-order valence-corrected chi connectivity index (χ2v) is 4.33. The number of nitrogens with one attached hydrogen (secondary N) is 1. The smallest absolute Gasteiger partial charge is 0.248 e. The predicted octanol–water partition coefficient (Wildman–Crippen LogP) is 1.64. The van der Waals surface area contributed by atoms with Gasteiger partial charge in [0.1, 0.15) is 0 Å². The Labute approximate surface area is 96.0 Å². The van der Waals surface area contributed by atoms with Crippen molar-refractivity contribution in [2.24, 2.45) is 5.73 Å². The van der Waals surface area contributed by atoms with Gasteiger partial charge in [-0.15, -0.1) is 0 Å². The molecule has 0 bridgehead atoms. The van der Waals surface area contributed by atoms with E-state index in [4.69, 9.17) is 5.73 Å². The van der Waals surface area contributed by atoms with Crippen LogP contribution in [0.4, 0.5) is 0 Å². The summed E-state index contributed by atoms with van der Waals surface area (Å²) in [6.07, 6.45) is 3.39. The summed E-state index contributed by atoms with van der Waals surface area (Å²) in [5.74, 6) is 0.159. The molecule has 1 aliphatic heterocycles. The van der Waals surface area contributed by atoms with Crippen LogP contribution in [-0.4, -0.2) is 19.0 Å². The lowest BCUT2D eigenvalue weighted by atomic mass is 9.88. The molecule has 2 rings (SSSR count). The number of amides is 1. The Balaban J connectivity index is 2.27. The highest BCUT2D eigenvalue weighted by atomic mass is 16.1. The average Bonchev–Trinajstić information content (AvgIpc) is 2.57. The molecule has 1 aromatic carbocycles. The normalized spacial score (nSPS) is 21.4. The number of nitrogens with two attached hydrogens (primary N) is 1. The molecule has 3 N–H and O–H groups in total. The molecule has 1 atom stereocenters. The molecule has 3 nitrogen and oxygen atoms in total. The van der Waals surface area contributed by atoms with Crippen molar-refractivity contribution in [3.63, 3.8) is 0 Å². The molecule has 0 spiro atoms. The molecule has 1 saturated heterocycles. The molecule has 1 fully saturated rings. The van der Waals surface area contributed by atoms with Crippen LogP contribution in [0.25, 0.3) is 0 Å². The highest BCUT2D eigenvalue weighted by Gasteiger charge is 2.18. The van der Waals surface area contributed by atoms with Crippen LogP contribution in [0, 0.1) is 0 Å². The van der Waals surface area contributed by atoms with Gasteiger partial charge >= 0.3 is 0 Å². The summed E-state index contributed by atoms with van der Waals surface area (Å²) >= 11 is 0. The second kappa shape index (κ2) is 5.12. The number of hydrogen-bond donors (Lipinski definition) is 2. The first-order valence-corrected chi connectivity index (χ1v) is 5.88. The Kier molecular flexibility index (Phi) is 3.57. The number of carbonyl (C=O) groups is 1. The highest BCUT2D eigenvalue weighted by Crippen LogP contribution is 2.28. The molecule has 1 aromatic rings. The van der Waals surface area contributed by atoms with Crippen molar-refractivity contribution in [2.45, 2.75) is 25.2 Å². The number of rotatable bonds is 2. The average molecular weight is 218 g/mol. The fourth-order valence-electron chi connectivity index (χ4n) is 2.41. The van der Waals surface area contributed by atoms with Crippen molar-refractivity contribution in [3.8, 4) is 0 Å². The first-order chi connectivity index (χ1) is 7.79. The SMILES string of the molecule is NC(=O)c1ccccc1C1CCCNCC1. The van der Waals surface area contributed by atoms with E-state index >= 15 is 0 Å². The van der Waals surface area contributed by atoms with E-state index in [1.807, 2.05) is 24.3 Å². The highest BCUT2D eigenvalue weighted by molar-refractivity contribution is 5.94. The van der Waals surface area contributed by atoms with Crippen molar-refractivity contribution in [3.05, 3.63) is 35.4 Å². The molecule has 3 heteroatoms. The quantitative estimate of drug-likeness (QED) is 0.793. The lowest BCUT2D eigenvalue weighted by Crippen LogP contribution is -2.16. The van der Waals surface area contributed by atoms with E-state index in [2.05, 4.69) is 5.32 Å². The molecule has 0 saturated carbocycles. The Morgan fingerprint density at radius 3 is 2.88 bits per heavy atom. The van der Waals surface area contributed by atoms with Crippen LogP contribution >= 0.6 is 0 Å². The van der Waals surface area contributed by atoms with Crippen LogP contribution < -0.4 is 11.1 Å². The third-order valence-electron chi connectivity index (χ3n) is 3.24. The molecule has 0 aliphatic carbocycles. The minimum Gasteiger partial charge on any atom is -0.366 e. The number of hydrogen-bond acceptors (Lipinski definition) is 2. The van der Waals surface area contributed by atoms with Gasteiger partial charge in [-0.1, -0.05) is 18.2 Å². The van der Waals surface area contributed by atoms with Gasteiger partial charge in [-0.05, 0) is 49.9 Å². The lowest BCUT2D eigenvalue weighted by Gasteiger charge is -2.16. The topological polar surface area (TPSA) is 55.1 Å². The third-order valence-corrected chi connectivity index (χ3v) is 3.24. The van der Waals surface area contributed by atoms with Gasteiger partial charge in [0.05, 0.1) is 0 Å². The van der Waals surface area contributed by atoms with Crippen LogP contribution in [0.1, 0.15) is 41.1 Å². The summed E-state index contributed by atoms with van der Waals surface area (Å²) in [6.45, 7) is 2.10. The first-order valence-electron chi connectivity index (χ1n) is 5.88. The van der Waals surface area contributed by atoms with Crippen molar-refractivity contribution < 1.29 is 4.79 Å². The van der Waals surface area contributed by atoms with Gasteiger partial charge in [0, 0.05) is 5.56 Å². The molecular formula is C13H18N2O. The molecule has 86 valence electrons. The van der Waals surface area contributed by atoms with Crippen molar-refractivity contribution in [1.29, 1.82) is 0 Å². The lowest BCUT2D eigenvalue weighted by molar-refractivity contribution is 0.0999. The number of carbonyl (C=O) groups excluding carboxylic acids is 1. The molecular weight excluding hydrogens is 200 g/mol. The van der Waals surface area contributed by atoms with E-state index in [1.54, 1.807) is 0 Å². The zero-order chi connectivity index (χ0) is 11.4. The third kappa shape index (κ3) is 2.42. The van der Waals surface area contributed by atoms with E-state index in [0.29, 0.717) is 11.5 Å². The van der Waals surface area contributed by atoms with Gasteiger partial charge in [0.25, 0.3) is 0 Å². The summed E-state index contributed by atoms with van der Waals surface area (Å²) in [5.41, 5.74) is 7.22. The minimum absolute atomic E-state index is 0.312. The number of primary amides is 1. The summed E-state index contributed by atoms with van der Waals surface area (Å²) in [6, 6.07) is 7.73. The van der Waals surface area contributed by atoms with E-state index in [0.717, 1.165) is 37.9 Å². The molecule has 16 heavy (non-hydrogen) atoms. The van der Waals surface area contributed by atoms with Gasteiger partial charge in [-0.2, -0.15) is 0 Å². The maximum atomic E-state index is 11.4. The van der Waals surface area contributed by atoms with Gasteiger partial charge in [0.15, 0.2) is 0 Å². The first kappa shape index (κ1) is 11.1. The zero-order valence-corrected chi connectivity index (χ0v) is 9.41. The van der Waals surface area contributed by atoms with Crippen LogP contribution in [0.3, 0.4) is 0 Å². The standard InChI is InChI=1S/C13H18N2O/c14-13(16)12-6-2-1-5-11(12)10-4-3-8-15-9-7-10/h1-2,5-6,10,15H,3-4,7-9H2,(H2,14,16). The van der Waals surface area contributed by atoms with Crippen molar-refractivity contribution in [1.82, 2.24) is 5.32 Å². The molecule has 1 aliphatic rings. The molecule has 0 aromatic heterocycles. The fraction of sp³-hybridized carbons (Fsp3) is 0.462. The fourth-order valence-corrected chi connectivity index (χ4v) is 2.41. The molecule has 1 unspecified atom stereocenters. The van der Waals surface area contributed by atoms with Crippen LogP contribution in [0.15, 0.2) is 24.3 Å². The molecule has 0 radical (unpaired) electrons. The van der Waals surface area contributed by atoms with Crippen molar-refractivity contribution in [2.75, 3.05) is 13.1 Å². The zero-order valence-electron chi connectivity index (χ0n) is 9.41. The number of benzene rings is 1. The minimum atomic E-state index is -0.312. The monoisotopic (exact) mass is 218 g/mol. The summed E-state index contributed by atoms with van der Waals surface area (Å²) in [7, 11) is 0. The van der Waals surface area contributed by atoms with Gasteiger partial charge in [0.2, 0.25) is 5.91 Å². The second-order valence-electron chi connectivity index (χ2n) is 4.33. The van der Waals surface area contributed by atoms with E-state index in [9.17, 15) is 4.79 Å². The van der Waals surface area contributed by atoms with Gasteiger partial charge in [-0.3, -0.25) is 4.79 Å². The van der Waals surface area contributed by atoms with Crippen molar-refractivity contribution >= 4 is 5.91 Å². The summed E-state index contributed by atoms with van der Waals surface area (Å²) in [5, 5.41) is 3.38. The van der Waals surface area contributed by atoms with Crippen LogP contribution in [0.5, 0.6) is 0 Å². The largest absolute Gasteiger partial charge is 0.366 e. The Bertz CT molecular complexity index is 368. The maximum Gasteiger partial charge on any atom is 0.248 e. The van der Waals surface area contributed by atoms with Crippen LogP contribution in [0.2, 0.25) is 0 Å². The van der Waals surface area contributed by atoms with E-state index in [1.165, 1.54) is 0 Å². The summed E-state index contributed by atoms with van der Waals surface area (Å²) < 4.78 is 0. The van der Waals surface area contributed by atoms with Gasteiger partial charge in [-0.25, -0.2) is 0 Å². The van der Waals surface area contributed by atoms with Crippen LogP contribution in [-0.2, 0) is 0 Å². The Hall–Kier alpha value is -1.35. The summed E-state index contributed by atoms with van der Waals surface area (Å²) in [4.78, 5) is 11.4.